The number of amides is 1. The number of fused-ring (bicyclic) bond motifs is 1. The highest BCUT2D eigenvalue weighted by Crippen LogP contribution is 2.22. The molecule has 0 aliphatic carbocycles. The summed E-state index contributed by atoms with van der Waals surface area (Å²) in [6.07, 6.45) is 0. The Morgan fingerprint density at radius 3 is 2.68 bits per heavy atom. The summed E-state index contributed by atoms with van der Waals surface area (Å²) in [5.74, 6) is 0.748. The molecule has 3 aromatic rings. The smallest absolute Gasteiger partial charge is 0.221 e. The predicted molar refractivity (Wildman–Crippen MR) is 75.8 cm³/mol. The van der Waals surface area contributed by atoms with Gasteiger partial charge in [0.1, 0.15) is 5.82 Å². The van der Waals surface area contributed by atoms with E-state index in [1.54, 1.807) is 0 Å². The lowest BCUT2D eigenvalue weighted by molar-refractivity contribution is -0.114. The van der Waals surface area contributed by atoms with E-state index in [9.17, 15) is 4.79 Å². The Bertz CT molecular complexity index is 731. The maximum Gasteiger partial charge on any atom is 0.221 e. The fourth-order valence-corrected chi connectivity index (χ4v) is 2.02. The van der Waals surface area contributed by atoms with Gasteiger partial charge in [-0.05, 0) is 18.2 Å². The van der Waals surface area contributed by atoms with E-state index in [-0.39, 0.29) is 5.91 Å². The minimum atomic E-state index is -0.0813. The lowest BCUT2D eigenvalue weighted by Gasteiger charge is -2.00. The zero-order chi connectivity index (χ0) is 13.2. The largest absolute Gasteiger partial charge is 0.338 e. The van der Waals surface area contributed by atoms with Crippen LogP contribution in [0.25, 0.3) is 22.4 Å². The van der Waals surface area contributed by atoms with Crippen LogP contribution in [0.3, 0.4) is 0 Å². The van der Waals surface area contributed by atoms with Crippen molar-refractivity contribution in [3.8, 4) is 11.4 Å². The molecule has 1 amide bonds. The van der Waals surface area contributed by atoms with Gasteiger partial charge in [-0.2, -0.15) is 0 Å². The third-order valence-electron chi connectivity index (χ3n) is 2.85. The Balaban J connectivity index is 2.04. The summed E-state index contributed by atoms with van der Waals surface area (Å²) in [7, 11) is 0. The zero-order valence-corrected chi connectivity index (χ0v) is 10.5. The van der Waals surface area contributed by atoms with Crippen molar-refractivity contribution in [2.75, 3.05) is 5.32 Å². The van der Waals surface area contributed by atoms with Gasteiger partial charge in [-0.3, -0.25) is 4.79 Å². The lowest BCUT2D eigenvalue weighted by atomic mass is 10.2. The SMILES string of the molecule is CC(=O)Nc1ccc2nc(-c3ccccc3)[nH]c2c1. The minimum Gasteiger partial charge on any atom is -0.338 e. The van der Waals surface area contributed by atoms with Gasteiger partial charge in [0, 0.05) is 18.2 Å². The van der Waals surface area contributed by atoms with Gasteiger partial charge in [0.2, 0.25) is 5.91 Å². The summed E-state index contributed by atoms with van der Waals surface area (Å²) in [5, 5.41) is 2.76. The van der Waals surface area contributed by atoms with E-state index in [4.69, 9.17) is 0 Å². The first-order chi connectivity index (χ1) is 9.22. The zero-order valence-electron chi connectivity index (χ0n) is 10.5. The molecule has 0 aliphatic rings. The van der Waals surface area contributed by atoms with Crippen molar-refractivity contribution in [1.82, 2.24) is 9.97 Å². The lowest BCUT2D eigenvalue weighted by Crippen LogP contribution is -2.05. The molecule has 0 aliphatic heterocycles. The minimum absolute atomic E-state index is 0.0813. The monoisotopic (exact) mass is 251 g/mol. The topological polar surface area (TPSA) is 57.8 Å². The number of imidazole rings is 1. The molecular weight excluding hydrogens is 238 g/mol. The number of hydrogen-bond acceptors (Lipinski definition) is 2. The van der Waals surface area contributed by atoms with Crippen molar-refractivity contribution >= 4 is 22.6 Å². The molecule has 94 valence electrons. The van der Waals surface area contributed by atoms with E-state index in [0.29, 0.717) is 0 Å². The molecule has 1 heterocycles. The number of H-pyrrole nitrogens is 1. The van der Waals surface area contributed by atoms with Gasteiger partial charge in [0.15, 0.2) is 0 Å². The van der Waals surface area contributed by atoms with Crippen molar-refractivity contribution < 1.29 is 4.79 Å². The second-order valence-electron chi connectivity index (χ2n) is 4.36. The standard InChI is InChI=1S/C15H13N3O/c1-10(19)16-12-7-8-13-14(9-12)18-15(17-13)11-5-3-2-4-6-11/h2-9H,1H3,(H,16,19)(H,17,18). The molecule has 0 fully saturated rings. The number of benzene rings is 2. The first-order valence-electron chi connectivity index (χ1n) is 6.05. The highest BCUT2D eigenvalue weighted by atomic mass is 16.1. The summed E-state index contributed by atoms with van der Waals surface area (Å²) in [6.45, 7) is 1.49. The number of aromatic amines is 1. The summed E-state index contributed by atoms with van der Waals surface area (Å²) >= 11 is 0. The van der Waals surface area contributed by atoms with Crippen molar-refractivity contribution in [3.63, 3.8) is 0 Å². The molecule has 1 aromatic heterocycles. The number of aromatic nitrogens is 2. The Kier molecular flexibility index (Phi) is 2.76. The van der Waals surface area contributed by atoms with E-state index in [1.807, 2.05) is 48.5 Å². The van der Waals surface area contributed by atoms with E-state index in [1.165, 1.54) is 6.92 Å². The maximum atomic E-state index is 11.0. The highest BCUT2D eigenvalue weighted by molar-refractivity contribution is 5.92. The molecule has 4 heteroatoms. The van der Waals surface area contributed by atoms with Crippen LogP contribution in [0.4, 0.5) is 5.69 Å². The number of nitrogens with zero attached hydrogens (tertiary/aromatic N) is 1. The van der Waals surface area contributed by atoms with Gasteiger partial charge < -0.3 is 10.3 Å². The van der Waals surface area contributed by atoms with Crippen LogP contribution in [-0.4, -0.2) is 15.9 Å². The first kappa shape index (κ1) is 11.5. The number of rotatable bonds is 2. The average Bonchev–Trinajstić information content (AvgIpc) is 2.82. The van der Waals surface area contributed by atoms with Crippen molar-refractivity contribution in [2.45, 2.75) is 6.92 Å². The number of hydrogen-bond donors (Lipinski definition) is 2. The molecule has 19 heavy (non-hydrogen) atoms. The van der Waals surface area contributed by atoms with Crippen LogP contribution in [0.15, 0.2) is 48.5 Å². The highest BCUT2D eigenvalue weighted by Gasteiger charge is 2.05. The van der Waals surface area contributed by atoms with Gasteiger partial charge in [0.25, 0.3) is 0 Å². The fourth-order valence-electron chi connectivity index (χ4n) is 2.02. The molecule has 0 unspecified atom stereocenters. The Morgan fingerprint density at radius 2 is 1.95 bits per heavy atom. The van der Waals surface area contributed by atoms with Crippen LogP contribution in [0.2, 0.25) is 0 Å². The molecule has 0 bridgehead atoms. The van der Waals surface area contributed by atoms with Crippen LogP contribution in [0.1, 0.15) is 6.92 Å². The summed E-state index contributed by atoms with van der Waals surface area (Å²) < 4.78 is 0. The Hall–Kier alpha value is -2.62. The Morgan fingerprint density at radius 1 is 1.16 bits per heavy atom. The van der Waals surface area contributed by atoms with Crippen LogP contribution in [0.5, 0.6) is 0 Å². The fraction of sp³-hybridized carbons (Fsp3) is 0.0667. The first-order valence-corrected chi connectivity index (χ1v) is 6.05. The van der Waals surface area contributed by atoms with Crippen LogP contribution in [-0.2, 0) is 4.79 Å². The molecular formula is C15H13N3O. The van der Waals surface area contributed by atoms with Crippen molar-refractivity contribution in [2.24, 2.45) is 0 Å². The van der Waals surface area contributed by atoms with Crippen LogP contribution in [0, 0.1) is 0 Å². The van der Waals surface area contributed by atoms with E-state index < -0.39 is 0 Å². The van der Waals surface area contributed by atoms with Crippen molar-refractivity contribution in [3.05, 3.63) is 48.5 Å². The van der Waals surface area contributed by atoms with Gasteiger partial charge in [0.05, 0.1) is 11.0 Å². The predicted octanol–water partition coefficient (Wildman–Crippen LogP) is 3.19. The molecule has 2 aromatic carbocycles. The molecule has 0 atom stereocenters. The third-order valence-corrected chi connectivity index (χ3v) is 2.85. The van der Waals surface area contributed by atoms with Crippen molar-refractivity contribution in [1.29, 1.82) is 0 Å². The summed E-state index contributed by atoms with van der Waals surface area (Å²) in [5.41, 5.74) is 3.60. The molecule has 4 nitrogen and oxygen atoms in total. The van der Waals surface area contributed by atoms with E-state index in [2.05, 4.69) is 15.3 Å². The summed E-state index contributed by atoms with van der Waals surface area (Å²) in [4.78, 5) is 18.8. The van der Waals surface area contributed by atoms with Crippen LogP contribution >= 0.6 is 0 Å². The van der Waals surface area contributed by atoms with Gasteiger partial charge >= 0.3 is 0 Å². The number of carbonyl (C=O) groups is 1. The molecule has 0 radical (unpaired) electrons. The second-order valence-corrected chi connectivity index (χ2v) is 4.36. The third kappa shape index (κ3) is 2.33. The maximum absolute atomic E-state index is 11.0. The summed E-state index contributed by atoms with van der Waals surface area (Å²) in [6, 6.07) is 15.6. The molecule has 0 spiro atoms. The number of anilines is 1. The second kappa shape index (κ2) is 4.57. The van der Waals surface area contributed by atoms with Gasteiger partial charge in [-0.25, -0.2) is 4.98 Å². The van der Waals surface area contributed by atoms with Gasteiger partial charge in [-0.15, -0.1) is 0 Å². The number of carbonyl (C=O) groups excluding carboxylic acids is 1. The van der Waals surface area contributed by atoms with Crippen LogP contribution < -0.4 is 5.32 Å². The number of nitrogens with one attached hydrogen (secondary N) is 2. The molecule has 3 rings (SSSR count). The molecule has 0 saturated carbocycles. The van der Waals surface area contributed by atoms with E-state index in [0.717, 1.165) is 28.1 Å². The normalized spacial score (nSPS) is 10.6. The van der Waals surface area contributed by atoms with Gasteiger partial charge in [-0.1, -0.05) is 30.3 Å². The quantitative estimate of drug-likeness (QED) is 0.734. The molecule has 2 N–H and O–H groups in total. The molecule has 0 saturated heterocycles. The Labute approximate surface area is 110 Å². The van der Waals surface area contributed by atoms with E-state index >= 15 is 0 Å². The average molecular weight is 251 g/mol.